The van der Waals surface area contributed by atoms with Crippen LogP contribution in [0.15, 0.2) is 30.3 Å². The SMILES string of the molecule is COCc1nc(C#N)c(N)nc1-c1ccccc1. The average molecular weight is 240 g/mol. The Labute approximate surface area is 105 Å². The smallest absolute Gasteiger partial charge is 0.183 e. The molecule has 0 bridgehead atoms. The second-order valence-electron chi connectivity index (χ2n) is 3.66. The largest absolute Gasteiger partial charge is 0.381 e. The van der Waals surface area contributed by atoms with Crippen LogP contribution in [-0.2, 0) is 11.3 Å². The minimum atomic E-state index is 0.127. The molecule has 0 spiro atoms. The number of ether oxygens (including phenoxy) is 1. The van der Waals surface area contributed by atoms with Crippen molar-refractivity contribution >= 4 is 5.82 Å². The monoisotopic (exact) mass is 240 g/mol. The highest BCUT2D eigenvalue weighted by molar-refractivity contribution is 5.64. The van der Waals surface area contributed by atoms with Gasteiger partial charge in [0.25, 0.3) is 0 Å². The van der Waals surface area contributed by atoms with Crippen LogP contribution in [0.2, 0.25) is 0 Å². The summed E-state index contributed by atoms with van der Waals surface area (Å²) in [6, 6.07) is 11.5. The first-order chi connectivity index (χ1) is 8.76. The highest BCUT2D eigenvalue weighted by Crippen LogP contribution is 2.22. The van der Waals surface area contributed by atoms with Crippen LogP contribution < -0.4 is 5.73 Å². The van der Waals surface area contributed by atoms with Gasteiger partial charge in [0.2, 0.25) is 0 Å². The van der Waals surface area contributed by atoms with Crippen LogP contribution in [0.25, 0.3) is 11.3 Å². The van der Waals surface area contributed by atoms with Gasteiger partial charge in [-0.3, -0.25) is 0 Å². The molecule has 0 amide bonds. The number of anilines is 1. The number of nitriles is 1. The third-order valence-corrected chi connectivity index (χ3v) is 2.43. The fourth-order valence-corrected chi connectivity index (χ4v) is 1.63. The Morgan fingerprint density at radius 3 is 2.61 bits per heavy atom. The van der Waals surface area contributed by atoms with E-state index in [2.05, 4.69) is 9.97 Å². The molecule has 0 saturated carbocycles. The predicted molar refractivity (Wildman–Crippen MR) is 67.3 cm³/mol. The number of nitrogens with zero attached hydrogens (tertiary/aromatic N) is 3. The molecule has 0 aliphatic heterocycles. The molecule has 5 nitrogen and oxygen atoms in total. The lowest BCUT2D eigenvalue weighted by Crippen LogP contribution is -2.06. The van der Waals surface area contributed by atoms with Crippen molar-refractivity contribution < 1.29 is 4.74 Å². The van der Waals surface area contributed by atoms with Crippen molar-refractivity contribution in [2.24, 2.45) is 0 Å². The molecule has 5 heteroatoms. The molecule has 0 radical (unpaired) electrons. The molecule has 0 fully saturated rings. The molecule has 2 aromatic rings. The fraction of sp³-hybridized carbons (Fsp3) is 0.154. The van der Waals surface area contributed by atoms with Crippen molar-refractivity contribution in [3.63, 3.8) is 0 Å². The van der Waals surface area contributed by atoms with E-state index in [0.717, 1.165) is 5.56 Å². The standard InChI is InChI=1S/C13H12N4O/c1-18-8-11-12(9-5-3-2-4-6-9)17-13(15)10(7-14)16-11/h2-6H,8H2,1H3,(H2,15,17). The van der Waals surface area contributed by atoms with Crippen molar-refractivity contribution in [2.75, 3.05) is 12.8 Å². The van der Waals surface area contributed by atoms with Crippen molar-refractivity contribution in [3.8, 4) is 17.3 Å². The highest BCUT2D eigenvalue weighted by atomic mass is 16.5. The van der Waals surface area contributed by atoms with Gasteiger partial charge in [0.1, 0.15) is 6.07 Å². The summed E-state index contributed by atoms with van der Waals surface area (Å²) in [6.07, 6.45) is 0. The maximum absolute atomic E-state index is 8.90. The first-order valence-electron chi connectivity index (χ1n) is 5.37. The second kappa shape index (κ2) is 5.25. The lowest BCUT2D eigenvalue weighted by atomic mass is 10.1. The van der Waals surface area contributed by atoms with Crippen LogP contribution in [0.1, 0.15) is 11.4 Å². The van der Waals surface area contributed by atoms with Crippen molar-refractivity contribution in [1.29, 1.82) is 5.26 Å². The summed E-state index contributed by atoms with van der Waals surface area (Å²) < 4.78 is 5.08. The summed E-state index contributed by atoms with van der Waals surface area (Å²) in [5.41, 5.74) is 7.97. The molecule has 0 atom stereocenters. The zero-order valence-corrected chi connectivity index (χ0v) is 9.92. The molecule has 1 aromatic carbocycles. The molecule has 90 valence electrons. The Morgan fingerprint density at radius 2 is 2.00 bits per heavy atom. The van der Waals surface area contributed by atoms with Crippen molar-refractivity contribution in [3.05, 3.63) is 41.7 Å². The van der Waals surface area contributed by atoms with E-state index in [0.29, 0.717) is 11.4 Å². The summed E-state index contributed by atoms with van der Waals surface area (Å²) in [5.74, 6) is 0.135. The summed E-state index contributed by atoms with van der Waals surface area (Å²) in [7, 11) is 1.57. The number of methoxy groups -OCH3 is 1. The molecular formula is C13H12N4O. The van der Waals surface area contributed by atoms with Gasteiger partial charge >= 0.3 is 0 Å². The van der Waals surface area contributed by atoms with E-state index in [-0.39, 0.29) is 18.1 Å². The lowest BCUT2D eigenvalue weighted by molar-refractivity contribution is 0.181. The van der Waals surface area contributed by atoms with Gasteiger partial charge in [0, 0.05) is 12.7 Å². The number of hydrogen-bond acceptors (Lipinski definition) is 5. The molecule has 0 unspecified atom stereocenters. The van der Waals surface area contributed by atoms with Gasteiger partial charge in [0.15, 0.2) is 11.5 Å². The van der Waals surface area contributed by atoms with Crippen LogP contribution in [0, 0.1) is 11.3 Å². The van der Waals surface area contributed by atoms with Gasteiger partial charge in [0.05, 0.1) is 18.0 Å². The van der Waals surface area contributed by atoms with Crippen LogP contribution in [-0.4, -0.2) is 17.1 Å². The zero-order chi connectivity index (χ0) is 13.0. The minimum Gasteiger partial charge on any atom is -0.381 e. The van der Waals surface area contributed by atoms with E-state index in [4.69, 9.17) is 15.7 Å². The van der Waals surface area contributed by atoms with E-state index in [9.17, 15) is 0 Å². The molecule has 2 N–H and O–H groups in total. The lowest BCUT2D eigenvalue weighted by Gasteiger charge is -2.09. The fourth-order valence-electron chi connectivity index (χ4n) is 1.63. The number of aromatic nitrogens is 2. The van der Waals surface area contributed by atoms with E-state index >= 15 is 0 Å². The minimum absolute atomic E-state index is 0.127. The number of hydrogen-bond donors (Lipinski definition) is 1. The highest BCUT2D eigenvalue weighted by Gasteiger charge is 2.12. The van der Waals surface area contributed by atoms with Gasteiger partial charge < -0.3 is 10.5 Å². The van der Waals surface area contributed by atoms with Gasteiger partial charge in [-0.1, -0.05) is 30.3 Å². The number of nitrogen functional groups attached to an aromatic ring is 1. The number of benzene rings is 1. The molecule has 0 aliphatic rings. The maximum atomic E-state index is 8.90. The Bertz CT molecular complexity index is 590. The Hall–Kier alpha value is -2.45. The normalized spacial score (nSPS) is 10.0. The molecule has 0 saturated heterocycles. The van der Waals surface area contributed by atoms with Crippen LogP contribution in [0.4, 0.5) is 5.82 Å². The quantitative estimate of drug-likeness (QED) is 0.883. The van der Waals surface area contributed by atoms with E-state index in [1.54, 1.807) is 7.11 Å². The summed E-state index contributed by atoms with van der Waals surface area (Å²) in [5, 5.41) is 8.90. The van der Waals surface area contributed by atoms with Gasteiger partial charge in [-0.25, -0.2) is 9.97 Å². The summed E-state index contributed by atoms with van der Waals surface area (Å²) >= 11 is 0. The van der Waals surface area contributed by atoms with Crippen LogP contribution in [0.3, 0.4) is 0 Å². The Kier molecular flexibility index (Phi) is 3.51. The maximum Gasteiger partial charge on any atom is 0.183 e. The molecule has 0 aliphatic carbocycles. The second-order valence-corrected chi connectivity index (χ2v) is 3.66. The molecule has 1 heterocycles. The summed E-state index contributed by atoms with van der Waals surface area (Å²) in [6.45, 7) is 0.284. The zero-order valence-electron chi connectivity index (χ0n) is 9.92. The third-order valence-electron chi connectivity index (χ3n) is 2.43. The first-order valence-corrected chi connectivity index (χ1v) is 5.37. The van der Waals surface area contributed by atoms with E-state index in [1.807, 2.05) is 36.4 Å². The number of nitrogens with two attached hydrogens (primary N) is 1. The Balaban J connectivity index is 2.59. The van der Waals surface area contributed by atoms with Crippen LogP contribution in [0.5, 0.6) is 0 Å². The topological polar surface area (TPSA) is 84.8 Å². The van der Waals surface area contributed by atoms with Crippen LogP contribution >= 0.6 is 0 Å². The average Bonchev–Trinajstić information content (AvgIpc) is 2.41. The van der Waals surface area contributed by atoms with Gasteiger partial charge in [-0.05, 0) is 0 Å². The molecule has 1 aromatic heterocycles. The number of rotatable bonds is 3. The third kappa shape index (κ3) is 2.29. The summed E-state index contributed by atoms with van der Waals surface area (Å²) in [4.78, 5) is 8.43. The van der Waals surface area contributed by atoms with Gasteiger partial charge in [-0.2, -0.15) is 5.26 Å². The molecular weight excluding hydrogens is 228 g/mol. The Morgan fingerprint density at radius 1 is 1.28 bits per heavy atom. The van der Waals surface area contributed by atoms with Crippen molar-refractivity contribution in [1.82, 2.24) is 9.97 Å². The van der Waals surface area contributed by atoms with Crippen molar-refractivity contribution in [2.45, 2.75) is 6.61 Å². The van der Waals surface area contributed by atoms with Gasteiger partial charge in [-0.15, -0.1) is 0 Å². The van der Waals surface area contributed by atoms with E-state index in [1.165, 1.54) is 0 Å². The first kappa shape index (κ1) is 12.0. The molecule has 2 rings (SSSR count). The van der Waals surface area contributed by atoms with E-state index < -0.39 is 0 Å². The molecule has 18 heavy (non-hydrogen) atoms. The predicted octanol–water partition coefficient (Wildman–Crippen LogP) is 1.74.